The van der Waals surface area contributed by atoms with Crippen molar-refractivity contribution in [1.82, 2.24) is 4.98 Å². The second-order valence-electron chi connectivity index (χ2n) is 4.48. The maximum Gasteiger partial charge on any atom is 0.124 e. The molecule has 0 spiro atoms. The summed E-state index contributed by atoms with van der Waals surface area (Å²) >= 11 is 0. The molecule has 0 bridgehead atoms. The molecule has 2 heterocycles. The Bertz CT molecular complexity index is 627. The lowest BCUT2D eigenvalue weighted by atomic mass is 10.0. The van der Waals surface area contributed by atoms with Gasteiger partial charge in [0.15, 0.2) is 0 Å². The van der Waals surface area contributed by atoms with E-state index < -0.39 is 0 Å². The Balaban J connectivity index is 2.40. The van der Waals surface area contributed by atoms with E-state index in [-0.39, 0.29) is 5.82 Å². The van der Waals surface area contributed by atoms with Gasteiger partial charge < -0.3 is 10.2 Å². The maximum atomic E-state index is 13.5. The predicted octanol–water partition coefficient (Wildman–Crippen LogP) is 2.04. The Kier molecular flexibility index (Phi) is 2.65. The molecule has 5 heteroatoms. The van der Waals surface area contributed by atoms with Gasteiger partial charge in [0.1, 0.15) is 5.82 Å². The average molecular weight is 247 g/mol. The van der Waals surface area contributed by atoms with Gasteiger partial charge >= 0.3 is 0 Å². The summed E-state index contributed by atoms with van der Waals surface area (Å²) in [5, 5.41) is 0.708. The minimum atomic E-state index is -0.282. The quantitative estimate of drug-likeness (QED) is 0.598. The van der Waals surface area contributed by atoms with Gasteiger partial charge in [0, 0.05) is 17.4 Å². The monoisotopic (exact) mass is 247 g/mol. The number of pyridine rings is 1. The number of rotatable bonds is 1. The van der Waals surface area contributed by atoms with Crippen LogP contribution in [0.1, 0.15) is 16.8 Å². The van der Waals surface area contributed by atoms with Crippen molar-refractivity contribution in [3.05, 3.63) is 34.8 Å². The van der Waals surface area contributed by atoms with Crippen LogP contribution in [0.2, 0.25) is 0 Å². The standard InChI is InChI=1S/C13H14FN3O/c1-7-4-8(14)5-9-12(7)16-11-2-3-18-6-10(11)13(9)17-15/h4-5H,2-3,6,15H2,1H3,(H,16,17). The fourth-order valence-corrected chi connectivity index (χ4v) is 2.45. The number of aryl methyl sites for hydroxylation is 1. The first-order chi connectivity index (χ1) is 8.70. The summed E-state index contributed by atoms with van der Waals surface area (Å²) in [7, 11) is 0. The Labute approximate surface area is 104 Å². The zero-order valence-electron chi connectivity index (χ0n) is 10.1. The molecule has 0 unspecified atom stereocenters. The average Bonchev–Trinajstić information content (AvgIpc) is 2.36. The Morgan fingerprint density at radius 2 is 2.28 bits per heavy atom. The van der Waals surface area contributed by atoms with E-state index in [1.165, 1.54) is 12.1 Å². The topological polar surface area (TPSA) is 60.2 Å². The number of halogens is 1. The highest BCUT2D eigenvalue weighted by molar-refractivity contribution is 5.95. The van der Waals surface area contributed by atoms with Gasteiger partial charge in [-0.3, -0.25) is 10.8 Å². The number of nitrogens with two attached hydrogens (primary N) is 1. The number of nitrogens with one attached hydrogen (secondary N) is 1. The fourth-order valence-electron chi connectivity index (χ4n) is 2.45. The summed E-state index contributed by atoms with van der Waals surface area (Å²) in [6, 6.07) is 2.95. The van der Waals surface area contributed by atoms with Gasteiger partial charge in [0.05, 0.1) is 30.1 Å². The molecule has 18 heavy (non-hydrogen) atoms. The van der Waals surface area contributed by atoms with E-state index in [0.29, 0.717) is 18.6 Å². The molecule has 0 saturated heterocycles. The van der Waals surface area contributed by atoms with Crippen LogP contribution in [0, 0.1) is 12.7 Å². The molecule has 0 amide bonds. The van der Waals surface area contributed by atoms with Crippen molar-refractivity contribution in [1.29, 1.82) is 0 Å². The first kappa shape index (κ1) is 11.4. The van der Waals surface area contributed by atoms with Crippen LogP contribution in [-0.2, 0) is 17.8 Å². The number of benzene rings is 1. The minimum Gasteiger partial charge on any atom is -0.376 e. The fraction of sp³-hybridized carbons (Fsp3) is 0.308. The maximum absolute atomic E-state index is 13.5. The molecule has 1 aromatic carbocycles. The molecule has 0 saturated carbocycles. The van der Waals surface area contributed by atoms with Crippen LogP contribution in [0.5, 0.6) is 0 Å². The van der Waals surface area contributed by atoms with E-state index in [4.69, 9.17) is 10.6 Å². The van der Waals surface area contributed by atoms with E-state index >= 15 is 0 Å². The highest BCUT2D eigenvalue weighted by Gasteiger charge is 2.19. The van der Waals surface area contributed by atoms with Crippen LogP contribution in [0.4, 0.5) is 10.1 Å². The molecule has 1 aliphatic rings. The lowest BCUT2D eigenvalue weighted by Gasteiger charge is -2.21. The molecule has 0 aliphatic carbocycles. The lowest BCUT2D eigenvalue weighted by Crippen LogP contribution is -2.18. The van der Waals surface area contributed by atoms with E-state index in [9.17, 15) is 4.39 Å². The Hall–Kier alpha value is -1.72. The number of aromatic nitrogens is 1. The summed E-state index contributed by atoms with van der Waals surface area (Å²) in [4.78, 5) is 4.62. The molecule has 0 atom stereocenters. The normalized spacial score (nSPS) is 14.6. The number of hydrazine groups is 1. The minimum absolute atomic E-state index is 0.282. The van der Waals surface area contributed by atoms with E-state index in [1.807, 2.05) is 6.92 Å². The van der Waals surface area contributed by atoms with Gasteiger partial charge in [-0.2, -0.15) is 0 Å². The molecule has 94 valence electrons. The summed E-state index contributed by atoms with van der Waals surface area (Å²) in [6.45, 7) is 2.98. The number of hydrogen-bond donors (Lipinski definition) is 2. The SMILES string of the molecule is Cc1cc(F)cc2c(NN)c3c(nc12)CCOC3. The van der Waals surface area contributed by atoms with Gasteiger partial charge in [0.25, 0.3) is 0 Å². The van der Waals surface area contributed by atoms with E-state index in [2.05, 4.69) is 10.4 Å². The van der Waals surface area contributed by atoms with Gasteiger partial charge in [-0.25, -0.2) is 4.39 Å². The van der Waals surface area contributed by atoms with Crippen molar-refractivity contribution in [3.63, 3.8) is 0 Å². The molecule has 0 fully saturated rings. The predicted molar refractivity (Wildman–Crippen MR) is 67.6 cm³/mol. The largest absolute Gasteiger partial charge is 0.376 e. The second-order valence-corrected chi connectivity index (χ2v) is 4.48. The van der Waals surface area contributed by atoms with Crippen LogP contribution >= 0.6 is 0 Å². The van der Waals surface area contributed by atoms with Crippen molar-refractivity contribution in [2.75, 3.05) is 12.0 Å². The number of nitrogen functional groups attached to an aromatic ring is 1. The highest BCUT2D eigenvalue weighted by Crippen LogP contribution is 2.32. The summed E-state index contributed by atoms with van der Waals surface area (Å²) < 4.78 is 18.9. The molecule has 3 N–H and O–H groups in total. The summed E-state index contributed by atoms with van der Waals surface area (Å²) in [6.07, 6.45) is 0.761. The van der Waals surface area contributed by atoms with Crippen LogP contribution in [0.15, 0.2) is 12.1 Å². The first-order valence-electron chi connectivity index (χ1n) is 5.86. The molecule has 3 rings (SSSR count). The molecule has 4 nitrogen and oxygen atoms in total. The second kappa shape index (κ2) is 4.19. The summed E-state index contributed by atoms with van der Waals surface area (Å²) in [5.74, 6) is 5.30. The van der Waals surface area contributed by atoms with Crippen molar-refractivity contribution in [2.24, 2.45) is 5.84 Å². The first-order valence-corrected chi connectivity index (χ1v) is 5.86. The smallest absolute Gasteiger partial charge is 0.124 e. The number of fused-ring (bicyclic) bond motifs is 2. The van der Waals surface area contributed by atoms with Crippen LogP contribution in [-0.4, -0.2) is 11.6 Å². The number of nitrogens with zero attached hydrogens (tertiary/aromatic N) is 1. The zero-order valence-corrected chi connectivity index (χ0v) is 10.1. The number of hydrogen-bond acceptors (Lipinski definition) is 4. The highest BCUT2D eigenvalue weighted by atomic mass is 19.1. The lowest BCUT2D eigenvalue weighted by molar-refractivity contribution is 0.110. The van der Waals surface area contributed by atoms with Crippen LogP contribution < -0.4 is 11.3 Å². The molecule has 1 aromatic heterocycles. The third kappa shape index (κ3) is 1.63. The van der Waals surface area contributed by atoms with Crippen LogP contribution in [0.25, 0.3) is 10.9 Å². The molecular formula is C13H14FN3O. The Morgan fingerprint density at radius 3 is 3.06 bits per heavy atom. The van der Waals surface area contributed by atoms with Crippen LogP contribution in [0.3, 0.4) is 0 Å². The summed E-state index contributed by atoms with van der Waals surface area (Å²) in [5.41, 5.74) is 6.91. The Morgan fingerprint density at radius 1 is 1.44 bits per heavy atom. The van der Waals surface area contributed by atoms with Crippen molar-refractivity contribution in [3.8, 4) is 0 Å². The van der Waals surface area contributed by atoms with Crippen molar-refractivity contribution in [2.45, 2.75) is 20.0 Å². The molecule has 1 aliphatic heterocycles. The molecule has 0 radical (unpaired) electrons. The number of anilines is 1. The van der Waals surface area contributed by atoms with Gasteiger partial charge in [-0.1, -0.05) is 0 Å². The third-order valence-electron chi connectivity index (χ3n) is 3.31. The van der Waals surface area contributed by atoms with Gasteiger partial charge in [-0.15, -0.1) is 0 Å². The van der Waals surface area contributed by atoms with Crippen molar-refractivity contribution >= 4 is 16.6 Å². The van der Waals surface area contributed by atoms with Gasteiger partial charge in [-0.05, 0) is 24.6 Å². The van der Waals surface area contributed by atoms with Gasteiger partial charge in [0.2, 0.25) is 0 Å². The van der Waals surface area contributed by atoms with Crippen molar-refractivity contribution < 1.29 is 9.13 Å². The zero-order chi connectivity index (χ0) is 12.7. The van der Waals surface area contributed by atoms with E-state index in [1.54, 1.807) is 0 Å². The molecule has 2 aromatic rings. The number of ether oxygens (including phenoxy) is 1. The molecular weight excluding hydrogens is 233 g/mol. The van der Waals surface area contributed by atoms with E-state index in [0.717, 1.165) is 34.4 Å². The third-order valence-corrected chi connectivity index (χ3v) is 3.31.